The van der Waals surface area contributed by atoms with E-state index in [4.69, 9.17) is 5.11 Å². The Hall–Kier alpha value is -0.120. The zero-order chi connectivity index (χ0) is 9.86. The summed E-state index contributed by atoms with van der Waals surface area (Å²) in [6.07, 6.45) is 6.41. The van der Waals surface area contributed by atoms with Crippen molar-refractivity contribution in [3.05, 3.63) is 0 Å². The van der Waals surface area contributed by atoms with Gasteiger partial charge in [0.25, 0.3) is 0 Å². The van der Waals surface area contributed by atoms with Crippen molar-refractivity contribution in [3.63, 3.8) is 0 Å². The topological polar surface area (TPSA) is 44.3 Å². The first-order valence-electron chi connectivity index (χ1n) is 5.90. The predicted molar refractivity (Wildman–Crippen MR) is 57.3 cm³/mol. The molecule has 0 aromatic carbocycles. The summed E-state index contributed by atoms with van der Waals surface area (Å²) >= 11 is 0. The van der Waals surface area contributed by atoms with E-state index in [9.17, 15) is 0 Å². The lowest BCUT2D eigenvalue weighted by Crippen LogP contribution is -2.43. The minimum atomic E-state index is 0.259. The van der Waals surface area contributed by atoms with E-state index in [-0.39, 0.29) is 5.41 Å². The summed E-state index contributed by atoms with van der Waals surface area (Å²) in [5.74, 6) is 0. The van der Waals surface area contributed by atoms with Crippen molar-refractivity contribution in [1.82, 2.24) is 10.6 Å². The smallest absolute Gasteiger partial charge is 0.0499 e. The number of aliphatic hydroxyl groups excluding tert-OH is 1. The zero-order valence-corrected chi connectivity index (χ0v) is 8.89. The minimum Gasteiger partial charge on any atom is -0.396 e. The average molecular weight is 198 g/mol. The molecule has 0 bridgehead atoms. The second-order valence-electron chi connectivity index (χ2n) is 4.94. The zero-order valence-electron chi connectivity index (χ0n) is 8.89. The Morgan fingerprint density at radius 3 is 2.79 bits per heavy atom. The summed E-state index contributed by atoms with van der Waals surface area (Å²) in [5, 5.41) is 16.1. The predicted octanol–water partition coefficient (Wildman–Crippen LogP) is 0.491. The Labute approximate surface area is 86.3 Å². The molecule has 14 heavy (non-hydrogen) atoms. The minimum absolute atomic E-state index is 0.259. The van der Waals surface area contributed by atoms with Gasteiger partial charge in [-0.15, -0.1) is 0 Å². The van der Waals surface area contributed by atoms with E-state index >= 15 is 0 Å². The molecular formula is C11H22N2O. The second kappa shape index (κ2) is 4.60. The summed E-state index contributed by atoms with van der Waals surface area (Å²) in [6.45, 7) is 3.61. The molecule has 2 fully saturated rings. The molecule has 1 atom stereocenters. The molecule has 1 aliphatic heterocycles. The Kier molecular flexibility index (Phi) is 3.42. The third-order valence-corrected chi connectivity index (χ3v) is 3.60. The number of hydrogen-bond donors (Lipinski definition) is 3. The number of nitrogens with one attached hydrogen (secondary N) is 2. The summed E-state index contributed by atoms with van der Waals surface area (Å²) in [7, 11) is 0. The van der Waals surface area contributed by atoms with Gasteiger partial charge in [0.05, 0.1) is 0 Å². The van der Waals surface area contributed by atoms with Crippen molar-refractivity contribution in [3.8, 4) is 0 Å². The lowest BCUT2D eigenvalue weighted by Gasteiger charge is -2.24. The SMILES string of the molecule is OCC1(CNCC2CCCCN2)CC1. The Balaban J connectivity index is 1.58. The molecule has 0 spiro atoms. The van der Waals surface area contributed by atoms with Crippen molar-refractivity contribution in [2.24, 2.45) is 5.41 Å². The van der Waals surface area contributed by atoms with Crippen LogP contribution in [0.15, 0.2) is 0 Å². The van der Waals surface area contributed by atoms with Gasteiger partial charge < -0.3 is 15.7 Å². The van der Waals surface area contributed by atoms with Crippen LogP contribution in [0.2, 0.25) is 0 Å². The maximum absolute atomic E-state index is 9.14. The van der Waals surface area contributed by atoms with Crippen LogP contribution < -0.4 is 10.6 Å². The van der Waals surface area contributed by atoms with Crippen LogP contribution in [0.1, 0.15) is 32.1 Å². The molecular weight excluding hydrogens is 176 g/mol. The molecule has 2 aliphatic rings. The summed E-state index contributed by atoms with van der Waals surface area (Å²) in [5.41, 5.74) is 0.259. The normalized spacial score (nSPS) is 30.2. The van der Waals surface area contributed by atoms with E-state index < -0.39 is 0 Å². The third-order valence-electron chi connectivity index (χ3n) is 3.60. The van der Waals surface area contributed by atoms with Gasteiger partial charge in [0.15, 0.2) is 0 Å². The van der Waals surface area contributed by atoms with Crippen molar-refractivity contribution in [2.45, 2.75) is 38.1 Å². The lowest BCUT2D eigenvalue weighted by atomic mass is 10.0. The molecule has 0 aromatic heterocycles. The number of rotatable bonds is 5. The van der Waals surface area contributed by atoms with Crippen molar-refractivity contribution in [2.75, 3.05) is 26.2 Å². The average Bonchev–Trinajstić information content (AvgIpc) is 3.00. The van der Waals surface area contributed by atoms with Crippen LogP contribution in [0.5, 0.6) is 0 Å². The molecule has 3 heteroatoms. The maximum atomic E-state index is 9.14. The van der Waals surface area contributed by atoms with Gasteiger partial charge >= 0.3 is 0 Å². The van der Waals surface area contributed by atoms with E-state index in [0.29, 0.717) is 12.6 Å². The Bertz CT molecular complexity index is 174. The highest BCUT2D eigenvalue weighted by atomic mass is 16.3. The fourth-order valence-corrected chi connectivity index (χ4v) is 2.18. The largest absolute Gasteiger partial charge is 0.396 e. The van der Waals surface area contributed by atoms with Gasteiger partial charge in [0, 0.05) is 31.2 Å². The van der Waals surface area contributed by atoms with E-state index in [1.807, 2.05) is 0 Å². The Morgan fingerprint density at radius 2 is 2.21 bits per heavy atom. The monoisotopic (exact) mass is 198 g/mol. The molecule has 3 nitrogen and oxygen atoms in total. The quantitative estimate of drug-likeness (QED) is 0.602. The first-order chi connectivity index (χ1) is 6.85. The van der Waals surface area contributed by atoms with Crippen LogP contribution >= 0.6 is 0 Å². The molecule has 1 heterocycles. The molecule has 3 N–H and O–H groups in total. The number of aliphatic hydroxyl groups is 1. The van der Waals surface area contributed by atoms with Crippen LogP contribution in [0.25, 0.3) is 0 Å². The number of hydrogen-bond acceptors (Lipinski definition) is 3. The van der Waals surface area contributed by atoms with Crippen LogP contribution in [0, 0.1) is 5.41 Å². The van der Waals surface area contributed by atoms with Crippen molar-refractivity contribution < 1.29 is 5.11 Å². The maximum Gasteiger partial charge on any atom is 0.0499 e. The van der Waals surface area contributed by atoms with Gasteiger partial charge in [0.2, 0.25) is 0 Å². The van der Waals surface area contributed by atoms with Crippen LogP contribution in [0.4, 0.5) is 0 Å². The molecule has 0 radical (unpaired) electrons. The second-order valence-corrected chi connectivity index (χ2v) is 4.94. The highest BCUT2D eigenvalue weighted by Crippen LogP contribution is 2.44. The molecule has 1 saturated carbocycles. The molecule has 0 aromatic rings. The van der Waals surface area contributed by atoms with Gasteiger partial charge in [-0.1, -0.05) is 6.42 Å². The Morgan fingerprint density at radius 1 is 1.36 bits per heavy atom. The highest BCUT2D eigenvalue weighted by molar-refractivity contribution is 4.94. The van der Waals surface area contributed by atoms with Gasteiger partial charge in [-0.3, -0.25) is 0 Å². The fourth-order valence-electron chi connectivity index (χ4n) is 2.18. The van der Waals surface area contributed by atoms with Crippen molar-refractivity contribution in [1.29, 1.82) is 0 Å². The molecule has 1 saturated heterocycles. The first kappa shape index (κ1) is 10.4. The van der Waals surface area contributed by atoms with Crippen molar-refractivity contribution >= 4 is 0 Å². The van der Waals surface area contributed by atoms with Crippen LogP contribution in [-0.2, 0) is 0 Å². The van der Waals surface area contributed by atoms with Gasteiger partial charge in [-0.05, 0) is 32.2 Å². The van der Waals surface area contributed by atoms with Crippen LogP contribution in [0.3, 0.4) is 0 Å². The van der Waals surface area contributed by atoms with E-state index in [0.717, 1.165) is 13.1 Å². The standard InChI is InChI=1S/C11H22N2O/c14-9-11(4-5-11)8-12-7-10-3-1-2-6-13-10/h10,12-14H,1-9H2. The molecule has 0 amide bonds. The summed E-state index contributed by atoms with van der Waals surface area (Å²) in [4.78, 5) is 0. The van der Waals surface area contributed by atoms with Gasteiger partial charge in [-0.2, -0.15) is 0 Å². The summed E-state index contributed by atoms with van der Waals surface area (Å²) < 4.78 is 0. The fraction of sp³-hybridized carbons (Fsp3) is 1.00. The van der Waals surface area contributed by atoms with Gasteiger partial charge in [0.1, 0.15) is 0 Å². The molecule has 2 rings (SSSR count). The summed E-state index contributed by atoms with van der Waals surface area (Å²) in [6, 6.07) is 0.665. The molecule has 1 unspecified atom stereocenters. The van der Waals surface area contributed by atoms with Gasteiger partial charge in [-0.25, -0.2) is 0 Å². The highest BCUT2D eigenvalue weighted by Gasteiger charge is 2.41. The van der Waals surface area contributed by atoms with Crippen LogP contribution in [-0.4, -0.2) is 37.4 Å². The van der Waals surface area contributed by atoms with E-state index in [1.54, 1.807) is 0 Å². The molecule has 82 valence electrons. The number of piperidine rings is 1. The molecule has 1 aliphatic carbocycles. The third kappa shape index (κ3) is 2.69. The first-order valence-corrected chi connectivity index (χ1v) is 5.90. The van der Waals surface area contributed by atoms with E-state index in [2.05, 4.69) is 10.6 Å². The lowest BCUT2D eigenvalue weighted by molar-refractivity contribution is 0.206. The van der Waals surface area contributed by atoms with E-state index in [1.165, 1.54) is 38.6 Å².